The first kappa shape index (κ1) is 14.9. The summed E-state index contributed by atoms with van der Waals surface area (Å²) < 4.78 is 10.8. The Bertz CT molecular complexity index is 200. The summed E-state index contributed by atoms with van der Waals surface area (Å²) in [6.07, 6.45) is 0. The van der Waals surface area contributed by atoms with E-state index >= 15 is 0 Å². The molecule has 1 aliphatic heterocycles. The largest absolute Gasteiger partial charge is 0.383 e. The van der Waals surface area contributed by atoms with Gasteiger partial charge in [-0.2, -0.15) is 0 Å². The lowest BCUT2D eigenvalue weighted by atomic mass is 10.0. The molecule has 0 aromatic carbocycles. The molecular weight excluding hydrogens is 216 g/mol. The summed E-state index contributed by atoms with van der Waals surface area (Å²) in [6.45, 7) is 12.3. The number of ether oxygens (including phenoxy) is 2. The van der Waals surface area contributed by atoms with Crippen molar-refractivity contribution in [2.75, 3.05) is 46.6 Å². The Kier molecular flexibility index (Phi) is 7.04. The molecule has 2 unspecified atom stereocenters. The highest BCUT2D eigenvalue weighted by molar-refractivity contribution is 4.84. The fourth-order valence-electron chi connectivity index (χ4n) is 2.34. The summed E-state index contributed by atoms with van der Waals surface area (Å²) in [5.41, 5.74) is 0. The Balaban J connectivity index is 2.41. The number of methoxy groups -OCH3 is 1. The number of hydrogen-bond donors (Lipinski definition) is 1. The standard InChI is InChI=1S/C13H28N2O2/c1-5-14-13-10-17-9-12(13)8-15(11(2)3)6-7-16-4/h11-14H,5-10H2,1-4H3. The van der Waals surface area contributed by atoms with Crippen LogP contribution >= 0.6 is 0 Å². The lowest BCUT2D eigenvalue weighted by Gasteiger charge is -2.30. The van der Waals surface area contributed by atoms with Crippen LogP contribution in [0.4, 0.5) is 0 Å². The molecule has 0 aliphatic carbocycles. The smallest absolute Gasteiger partial charge is 0.0623 e. The number of nitrogens with zero attached hydrogens (tertiary/aromatic N) is 1. The van der Waals surface area contributed by atoms with E-state index in [1.165, 1.54) is 0 Å². The van der Waals surface area contributed by atoms with Crippen LogP contribution in [0.2, 0.25) is 0 Å². The van der Waals surface area contributed by atoms with Crippen LogP contribution in [-0.4, -0.2) is 63.5 Å². The molecule has 1 fully saturated rings. The molecule has 1 saturated heterocycles. The lowest BCUT2D eigenvalue weighted by molar-refractivity contribution is 0.108. The topological polar surface area (TPSA) is 33.7 Å². The number of nitrogens with one attached hydrogen (secondary N) is 1. The minimum Gasteiger partial charge on any atom is -0.383 e. The van der Waals surface area contributed by atoms with Crippen molar-refractivity contribution in [2.24, 2.45) is 5.92 Å². The average Bonchev–Trinajstić information content (AvgIpc) is 2.72. The molecule has 2 atom stereocenters. The van der Waals surface area contributed by atoms with Crippen molar-refractivity contribution < 1.29 is 9.47 Å². The Labute approximate surface area is 106 Å². The van der Waals surface area contributed by atoms with Crippen molar-refractivity contribution in [1.29, 1.82) is 0 Å². The van der Waals surface area contributed by atoms with E-state index in [4.69, 9.17) is 9.47 Å². The van der Waals surface area contributed by atoms with Crippen LogP contribution in [0.1, 0.15) is 20.8 Å². The molecule has 102 valence electrons. The van der Waals surface area contributed by atoms with Crippen molar-refractivity contribution in [3.05, 3.63) is 0 Å². The Morgan fingerprint density at radius 1 is 1.41 bits per heavy atom. The molecule has 4 nitrogen and oxygen atoms in total. The molecule has 17 heavy (non-hydrogen) atoms. The zero-order valence-electron chi connectivity index (χ0n) is 11.7. The van der Waals surface area contributed by atoms with Gasteiger partial charge >= 0.3 is 0 Å². The number of likely N-dealkylation sites (N-methyl/N-ethyl adjacent to an activating group) is 1. The summed E-state index contributed by atoms with van der Waals surface area (Å²) in [4.78, 5) is 2.48. The highest BCUT2D eigenvalue weighted by atomic mass is 16.5. The average molecular weight is 244 g/mol. The van der Waals surface area contributed by atoms with E-state index in [-0.39, 0.29) is 0 Å². The van der Waals surface area contributed by atoms with Crippen molar-refractivity contribution in [3.63, 3.8) is 0 Å². The minimum atomic E-state index is 0.517. The van der Waals surface area contributed by atoms with Gasteiger partial charge < -0.3 is 14.8 Å². The molecule has 4 heteroatoms. The van der Waals surface area contributed by atoms with Crippen LogP contribution in [0.5, 0.6) is 0 Å². The molecule has 0 amide bonds. The highest BCUT2D eigenvalue weighted by Crippen LogP contribution is 2.16. The monoisotopic (exact) mass is 244 g/mol. The molecule has 0 aromatic heterocycles. The fraction of sp³-hybridized carbons (Fsp3) is 1.00. The van der Waals surface area contributed by atoms with Gasteiger partial charge in [0.1, 0.15) is 0 Å². The van der Waals surface area contributed by atoms with Crippen molar-refractivity contribution >= 4 is 0 Å². The molecule has 0 spiro atoms. The van der Waals surface area contributed by atoms with Crippen LogP contribution in [0, 0.1) is 5.92 Å². The molecule has 1 heterocycles. The van der Waals surface area contributed by atoms with Crippen LogP contribution in [0.15, 0.2) is 0 Å². The quantitative estimate of drug-likeness (QED) is 0.690. The highest BCUT2D eigenvalue weighted by Gasteiger charge is 2.29. The zero-order valence-corrected chi connectivity index (χ0v) is 11.7. The molecule has 0 radical (unpaired) electrons. The maximum absolute atomic E-state index is 5.59. The second-order valence-corrected chi connectivity index (χ2v) is 5.04. The van der Waals surface area contributed by atoms with Crippen LogP contribution in [0.3, 0.4) is 0 Å². The molecule has 1 aliphatic rings. The van der Waals surface area contributed by atoms with E-state index in [0.717, 1.165) is 39.5 Å². The Hall–Kier alpha value is -0.160. The molecule has 0 saturated carbocycles. The van der Waals surface area contributed by atoms with Gasteiger partial charge in [0.15, 0.2) is 0 Å². The SMILES string of the molecule is CCNC1COCC1CN(CCOC)C(C)C. The van der Waals surface area contributed by atoms with Gasteiger partial charge in [0.05, 0.1) is 19.8 Å². The van der Waals surface area contributed by atoms with E-state index in [9.17, 15) is 0 Å². The Morgan fingerprint density at radius 3 is 2.76 bits per heavy atom. The second-order valence-electron chi connectivity index (χ2n) is 5.04. The van der Waals surface area contributed by atoms with Crippen LogP contribution in [0.25, 0.3) is 0 Å². The van der Waals surface area contributed by atoms with E-state index < -0.39 is 0 Å². The maximum atomic E-state index is 5.59. The first-order chi connectivity index (χ1) is 8.19. The third-order valence-electron chi connectivity index (χ3n) is 3.45. The molecule has 0 bridgehead atoms. The van der Waals surface area contributed by atoms with Crippen molar-refractivity contribution in [1.82, 2.24) is 10.2 Å². The van der Waals surface area contributed by atoms with Crippen molar-refractivity contribution in [3.8, 4) is 0 Å². The van der Waals surface area contributed by atoms with Gasteiger partial charge in [-0.3, -0.25) is 4.90 Å². The summed E-state index contributed by atoms with van der Waals surface area (Å²) in [6, 6.07) is 1.08. The predicted molar refractivity (Wildman–Crippen MR) is 70.4 cm³/mol. The predicted octanol–water partition coefficient (Wildman–Crippen LogP) is 0.968. The maximum Gasteiger partial charge on any atom is 0.0623 e. The van der Waals surface area contributed by atoms with Crippen LogP contribution < -0.4 is 5.32 Å². The number of hydrogen-bond acceptors (Lipinski definition) is 4. The lowest BCUT2D eigenvalue weighted by Crippen LogP contribution is -2.44. The van der Waals surface area contributed by atoms with Gasteiger partial charge in [0.2, 0.25) is 0 Å². The fourth-order valence-corrected chi connectivity index (χ4v) is 2.34. The van der Waals surface area contributed by atoms with Gasteiger partial charge in [-0.25, -0.2) is 0 Å². The summed E-state index contributed by atoms with van der Waals surface area (Å²) >= 11 is 0. The normalized spacial score (nSPS) is 25.1. The molecule has 1 rings (SSSR count). The third kappa shape index (κ3) is 4.92. The van der Waals surface area contributed by atoms with Crippen molar-refractivity contribution in [2.45, 2.75) is 32.9 Å². The van der Waals surface area contributed by atoms with Gasteiger partial charge in [0, 0.05) is 38.2 Å². The summed E-state index contributed by atoms with van der Waals surface area (Å²) in [5, 5.41) is 3.51. The summed E-state index contributed by atoms with van der Waals surface area (Å²) in [5.74, 6) is 0.606. The first-order valence-electron chi connectivity index (χ1n) is 6.73. The second kappa shape index (κ2) is 8.03. The summed E-state index contributed by atoms with van der Waals surface area (Å²) in [7, 11) is 1.76. The Morgan fingerprint density at radius 2 is 2.18 bits per heavy atom. The number of rotatable bonds is 8. The zero-order chi connectivity index (χ0) is 12.7. The minimum absolute atomic E-state index is 0.517. The van der Waals surface area contributed by atoms with E-state index in [0.29, 0.717) is 18.0 Å². The van der Waals surface area contributed by atoms with Crippen LogP contribution in [-0.2, 0) is 9.47 Å². The molecular formula is C13H28N2O2. The molecule has 1 N–H and O–H groups in total. The van der Waals surface area contributed by atoms with Gasteiger partial charge in [-0.1, -0.05) is 6.92 Å². The van der Waals surface area contributed by atoms with Gasteiger partial charge in [-0.15, -0.1) is 0 Å². The van der Waals surface area contributed by atoms with E-state index in [2.05, 4.69) is 31.0 Å². The van der Waals surface area contributed by atoms with E-state index in [1.54, 1.807) is 7.11 Å². The van der Waals surface area contributed by atoms with Gasteiger partial charge in [-0.05, 0) is 20.4 Å². The van der Waals surface area contributed by atoms with Gasteiger partial charge in [0.25, 0.3) is 0 Å². The van der Waals surface area contributed by atoms with E-state index in [1.807, 2.05) is 0 Å². The molecule has 0 aromatic rings. The first-order valence-corrected chi connectivity index (χ1v) is 6.73. The third-order valence-corrected chi connectivity index (χ3v) is 3.45.